The van der Waals surface area contributed by atoms with Crippen LogP contribution in [0.15, 0.2) is 30.3 Å². The van der Waals surface area contributed by atoms with Crippen LogP contribution in [0.1, 0.15) is 50.9 Å². The molecule has 1 unspecified atom stereocenters. The first-order valence-electron chi connectivity index (χ1n) is 9.68. The Morgan fingerprint density at radius 2 is 1.74 bits per heavy atom. The Hall–Kier alpha value is -2.08. The zero-order valence-corrected chi connectivity index (χ0v) is 16.7. The van der Waals surface area contributed by atoms with Crippen LogP contribution in [0, 0.1) is 0 Å². The van der Waals surface area contributed by atoms with Crippen LogP contribution in [-0.2, 0) is 9.47 Å². The van der Waals surface area contributed by atoms with E-state index in [1.165, 1.54) is 0 Å². The number of amides is 2. The van der Waals surface area contributed by atoms with Crippen molar-refractivity contribution in [3.05, 3.63) is 35.9 Å². The SMILES string of the molecule is CC1CN(C(=O)c2ccccc2)CC2(CCN(C(=O)OC(C)(C)C)CC2)O1. The molecule has 2 saturated heterocycles. The third kappa shape index (κ3) is 4.80. The summed E-state index contributed by atoms with van der Waals surface area (Å²) in [6.07, 6.45) is 1.10. The fourth-order valence-corrected chi connectivity index (χ4v) is 3.84. The molecule has 0 aromatic heterocycles. The number of rotatable bonds is 1. The van der Waals surface area contributed by atoms with Gasteiger partial charge in [0.05, 0.1) is 18.2 Å². The van der Waals surface area contributed by atoms with Crippen molar-refractivity contribution in [3.8, 4) is 0 Å². The number of piperidine rings is 1. The van der Waals surface area contributed by atoms with Crippen molar-refractivity contribution in [1.82, 2.24) is 9.80 Å². The van der Waals surface area contributed by atoms with Gasteiger partial charge in [-0.1, -0.05) is 18.2 Å². The molecule has 6 heteroatoms. The van der Waals surface area contributed by atoms with Crippen molar-refractivity contribution in [2.24, 2.45) is 0 Å². The highest BCUT2D eigenvalue weighted by Crippen LogP contribution is 2.33. The van der Waals surface area contributed by atoms with E-state index in [-0.39, 0.29) is 23.7 Å². The van der Waals surface area contributed by atoms with Gasteiger partial charge < -0.3 is 19.3 Å². The Balaban J connectivity index is 1.65. The molecule has 0 radical (unpaired) electrons. The second-order valence-electron chi connectivity index (χ2n) is 8.63. The Morgan fingerprint density at radius 3 is 2.33 bits per heavy atom. The van der Waals surface area contributed by atoms with Gasteiger partial charge in [-0.3, -0.25) is 4.79 Å². The lowest BCUT2D eigenvalue weighted by Crippen LogP contribution is -2.60. The minimum atomic E-state index is -0.499. The lowest BCUT2D eigenvalue weighted by atomic mass is 9.88. The van der Waals surface area contributed by atoms with Crippen LogP contribution in [0.2, 0.25) is 0 Å². The standard InChI is InChI=1S/C21H30N2O4/c1-16-14-23(18(24)17-8-6-5-7-9-17)15-21(26-16)10-12-22(13-11-21)19(25)27-20(2,3)4/h5-9,16H,10-15H2,1-4H3. The Morgan fingerprint density at radius 1 is 1.11 bits per heavy atom. The Bertz CT molecular complexity index is 675. The van der Waals surface area contributed by atoms with Crippen LogP contribution in [0.3, 0.4) is 0 Å². The number of likely N-dealkylation sites (tertiary alicyclic amines) is 1. The van der Waals surface area contributed by atoms with Gasteiger partial charge in [-0.25, -0.2) is 4.79 Å². The highest BCUT2D eigenvalue weighted by Gasteiger charge is 2.44. The molecule has 0 aliphatic carbocycles. The van der Waals surface area contributed by atoms with Crippen molar-refractivity contribution < 1.29 is 19.1 Å². The topological polar surface area (TPSA) is 59.1 Å². The van der Waals surface area contributed by atoms with E-state index in [2.05, 4.69) is 0 Å². The molecule has 1 spiro atoms. The van der Waals surface area contributed by atoms with Crippen molar-refractivity contribution in [2.75, 3.05) is 26.2 Å². The Kier molecular flexibility index (Phi) is 5.47. The van der Waals surface area contributed by atoms with Crippen LogP contribution >= 0.6 is 0 Å². The van der Waals surface area contributed by atoms with Gasteiger partial charge in [0.2, 0.25) is 0 Å². The van der Waals surface area contributed by atoms with E-state index in [1.54, 1.807) is 4.90 Å². The number of carbonyl (C=O) groups excluding carboxylic acids is 2. The Labute approximate surface area is 161 Å². The van der Waals surface area contributed by atoms with E-state index in [9.17, 15) is 9.59 Å². The van der Waals surface area contributed by atoms with E-state index >= 15 is 0 Å². The molecule has 2 aliphatic heterocycles. The molecular formula is C21H30N2O4. The maximum absolute atomic E-state index is 12.9. The van der Waals surface area contributed by atoms with Gasteiger partial charge in [0.1, 0.15) is 5.60 Å². The monoisotopic (exact) mass is 374 g/mol. The number of hydrogen-bond acceptors (Lipinski definition) is 4. The number of nitrogens with zero attached hydrogens (tertiary/aromatic N) is 2. The predicted molar refractivity (Wildman–Crippen MR) is 103 cm³/mol. The van der Waals surface area contributed by atoms with Gasteiger partial charge in [0.15, 0.2) is 0 Å². The number of benzene rings is 1. The average Bonchev–Trinajstić information content (AvgIpc) is 2.60. The first kappa shape index (κ1) is 19.7. The van der Waals surface area contributed by atoms with Gasteiger partial charge in [-0.2, -0.15) is 0 Å². The van der Waals surface area contributed by atoms with Crippen molar-refractivity contribution in [1.29, 1.82) is 0 Å². The molecule has 1 aromatic rings. The number of carbonyl (C=O) groups is 2. The first-order valence-corrected chi connectivity index (χ1v) is 9.68. The zero-order chi connectivity index (χ0) is 19.7. The molecule has 148 valence electrons. The summed E-state index contributed by atoms with van der Waals surface area (Å²) in [7, 11) is 0. The number of ether oxygens (including phenoxy) is 2. The molecule has 2 amide bonds. The molecule has 0 saturated carbocycles. The van der Waals surface area contributed by atoms with Crippen molar-refractivity contribution >= 4 is 12.0 Å². The minimum Gasteiger partial charge on any atom is -0.444 e. The molecule has 0 N–H and O–H groups in total. The number of morpholine rings is 1. The molecule has 6 nitrogen and oxygen atoms in total. The summed E-state index contributed by atoms with van der Waals surface area (Å²) >= 11 is 0. The summed E-state index contributed by atoms with van der Waals surface area (Å²) in [5, 5.41) is 0. The lowest BCUT2D eigenvalue weighted by molar-refractivity contribution is -0.160. The normalized spacial score (nSPS) is 22.6. The van der Waals surface area contributed by atoms with Gasteiger partial charge >= 0.3 is 6.09 Å². The van der Waals surface area contributed by atoms with Gasteiger partial charge in [0, 0.05) is 25.2 Å². The molecule has 2 heterocycles. The van der Waals surface area contributed by atoms with Crippen molar-refractivity contribution in [2.45, 2.75) is 57.8 Å². The molecule has 1 aromatic carbocycles. The highest BCUT2D eigenvalue weighted by molar-refractivity contribution is 5.94. The fraction of sp³-hybridized carbons (Fsp3) is 0.619. The van der Waals surface area contributed by atoms with E-state index in [0.717, 1.165) is 0 Å². The summed E-state index contributed by atoms with van der Waals surface area (Å²) in [4.78, 5) is 28.8. The predicted octanol–water partition coefficient (Wildman–Crippen LogP) is 3.32. The minimum absolute atomic E-state index is 0.0283. The summed E-state index contributed by atoms with van der Waals surface area (Å²) in [6, 6.07) is 9.37. The quantitative estimate of drug-likeness (QED) is 0.757. The smallest absolute Gasteiger partial charge is 0.410 e. The van der Waals surface area contributed by atoms with E-state index in [4.69, 9.17) is 9.47 Å². The second kappa shape index (κ2) is 7.50. The summed E-state index contributed by atoms with van der Waals surface area (Å²) in [5.74, 6) is 0.0414. The van der Waals surface area contributed by atoms with Crippen LogP contribution in [-0.4, -0.2) is 65.3 Å². The van der Waals surface area contributed by atoms with E-state index in [1.807, 2.05) is 62.9 Å². The zero-order valence-electron chi connectivity index (χ0n) is 16.7. The molecule has 2 aliphatic rings. The third-order valence-electron chi connectivity index (χ3n) is 5.04. The molecule has 3 rings (SSSR count). The van der Waals surface area contributed by atoms with Gasteiger partial charge in [0.25, 0.3) is 5.91 Å². The molecular weight excluding hydrogens is 344 g/mol. The first-order chi connectivity index (χ1) is 12.7. The van der Waals surface area contributed by atoms with Gasteiger partial charge in [-0.05, 0) is 52.7 Å². The average molecular weight is 374 g/mol. The van der Waals surface area contributed by atoms with Crippen LogP contribution in [0.4, 0.5) is 4.79 Å². The summed E-state index contributed by atoms with van der Waals surface area (Å²) < 4.78 is 11.8. The summed E-state index contributed by atoms with van der Waals surface area (Å²) in [5.41, 5.74) is -0.186. The van der Waals surface area contributed by atoms with Crippen LogP contribution in [0.5, 0.6) is 0 Å². The largest absolute Gasteiger partial charge is 0.444 e. The second-order valence-corrected chi connectivity index (χ2v) is 8.63. The van der Waals surface area contributed by atoms with E-state index < -0.39 is 5.60 Å². The third-order valence-corrected chi connectivity index (χ3v) is 5.04. The fourth-order valence-electron chi connectivity index (χ4n) is 3.84. The molecule has 27 heavy (non-hydrogen) atoms. The highest BCUT2D eigenvalue weighted by atomic mass is 16.6. The molecule has 0 bridgehead atoms. The summed E-state index contributed by atoms with van der Waals surface area (Å²) in [6.45, 7) is 9.93. The molecule has 2 fully saturated rings. The van der Waals surface area contributed by atoms with Crippen molar-refractivity contribution in [3.63, 3.8) is 0 Å². The van der Waals surface area contributed by atoms with Crippen LogP contribution in [0.25, 0.3) is 0 Å². The maximum Gasteiger partial charge on any atom is 0.410 e. The lowest BCUT2D eigenvalue weighted by Gasteiger charge is -2.49. The number of hydrogen-bond donors (Lipinski definition) is 0. The van der Waals surface area contributed by atoms with E-state index in [0.29, 0.717) is 44.6 Å². The van der Waals surface area contributed by atoms with Gasteiger partial charge in [-0.15, -0.1) is 0 Å². The maximum atomic E-state index is 12.9. The molecule has 1 atom stereocenters. The van der Waals surface area contributed by atoms with Crippen LogP contribution < -0.4 is 0 Å².